The maximum Gasteiger partial charge on any atom is 0.239 e. The average molecular weight is 359 g/mol. The van der Waals surface area contributed by atoms with Gasteiger partial charge < -0.3 is 10.1 Å². The number of hydrogen-bond donors (Lipinski definition) is 1. The predicted octanol–water partition coefficient (Wildman–Crippen LogP) is 4.00. The van der Waals surface area contributed by atoms with E-state index >= 15 is 0 Å². The maximum absolute atomic E-state index is 11.3. The van der Waals surface area contributed by atoms with Crippen LogP contribution in [0.5, 0.6) is 0 Å². The fourth-order valence-electron chi connectivity index (χ4n) is 3.14. The van der Waals surface area contributed by atoms with Crippen molar-refractivity contribution < 1.29 is 9.53 Å². The van der Waals surface area contributed by atoms with Crippen LogP contribution in [0.15, 0.2) is 54.6 Å². The highest BCUT2D eigenvalue weighted by molar-refractivity contribution is 6.29. The third kappa shape index (κ3) is 4.60. The molecule has 1 N–H and O–H groups in total. The number of carbonyl (C=O) groups is 1. The van der Waals surface area contributed by atoms with Crippen LogP contribution in [-0.4, -0.2) is 36.4 Å². The summed E-state index contributed by atoms with van der Waals surface area (Å²) in [5.74, 6) is -0.244. The first-order valence-corrected chi connectivity index (χ1v) is 9.07. The number of hydrogen-bond acceptors (Lipinski definition) is 3. The minimum absolute atomic E-state index is 0.0395. The summed E-state index contributed by atoms with van der Waals surface area (Å²) in [7, 11) is 0. The van der Waals surface area contributed by atoms with Crippen molar-refractivity contribution in [1.29, 1.82) is 0 Å². The van der Waals surface area contributed by atoms with Crippen LogP contribution in [0.25, 0.3) is 0 Å². The fraction of sp³-hybridized carbons (Fsp3) is 0.350. The summed E-state index contributed by atoms with van der Waals surface area (Å²) >= 11 is 5.51. The first kappa shape index (κ1) is 17.9. The number of morpholine rings is 1. The first-order chi connectivity index (χ1) is 12.2. The van der Waals surface area contributed by atoms with Crippen LogP contribution in [0.4, 0.5) is 5.69 Å². The molecule has 1 amide bonds. The normalized spacial score (nSPS) is 19.4. The molecule has 2 aromatic rings. The van der Waals surface area contributed by atoms with Crippen molar-refractivity contribution >= 4 is 23.2 Å². The van der Waals surface area contributed by atoms with Gasteiger partial charge in [0.2, 0.25) is 5.91 Å². The molecule has 1 aliphatic rings. The number of halogens is 1. The van der Waals surface area contributed by atoms with Gasteiger partial charge in [-0.25, -0.2) is 0 Å². The van der Waals surface area contributed by atoms with E-state index in [9.17, 15) is 4.79 Å². The van der Waals surface area contributed by atoms with Gasteiger partial charge >= 0.3 is 0 Å². The highest BCUT2D eigenvalue weighted by Gasteiger charge is 2.25. The van der Waals surface area contributed by atoms with E-state index in [2.05, 4.69) is 41.4 Å². The zero-order chi connectivity index (χ0) is 17.6. The van der Waals surface area contributed by atoms with Crippen LogP contribution in [-0.2, 0) is 9.53 Å². The summed E-state index contributed by atoms with van der Waals surface area (Å²) < 4.78 is 5.97. The van der Waals surface area contributed by atoms with Gasteiger partial charge in [0.05, 0.1) is 12.7 Å². The average Bonchev–Trinajstić information content (AvgIpc) is 2.68. The Hall–Kier alpha value is -1.88. The van der Waals surface area contributed by atoms with E-state index in [4.69, 9.17) is 16.3 Å². The van der Waals surface area contributed by atoms with Gasteiger partial charge in [-0.15, -0.1) is 11.6 Å². The monoisotopic (exact) mass is 358 g/mol. The molecule has 1 heterocycles. The van der Waals surface area contributed by atoms with Crippen molar-refractivity contribution in [3.8, 4) is 0 Å². The molecule has 1 saturated heterocycles. The maximum atomic E-state index is 11.3. The molecule has 132 valence electrons. The Bertz CT molecular complexity index is 691. The lowest BCUT2D eigenvalue weighted by Gasteiger charge is -2.37. The van der Waals surface area contributed by atoms with Gasteiger partial charge in [-0.05, 0) is 30.2 Å². The molecule has 1 fully saturated rings. The molecule has 5 heteroatoms. The highest BCUT2D eigenvalue weighted by atomic mass is 35.5. The molecule has 0 bridgehead atoms. The molecule has 0 saturated carbocycles. The van der Waals surface area contributed by atoms with Crippen molar-refractivity contribution in [2.45, 2.75) is 19.1 Å². The summed E-state index contributed by atoms with van der Waals surface area (Å²) in [5.41, 5.74) is 3.19. The molecular formula is C20H23ClN2O2. The van der Waals surface area contributed by atoms with Crippen LogP contribution >= 0.6 is 11.6 Å². The SMILES string of the molecule is C[C@H](c1ccccc1)N1CCOC(c2ccc(NC(=O)CCl)cc2)C1. The summed E-state index contributed by atoms with van der Waals surface area (Å²) in [6, 6.07) is 18.7. The van der Waals surface area contributed by atoms with E-state index in [-0.39, 0.29) is 17.9 Å². The molecule has 4 nitrogen and oxygen atoms in total. The Morgan fingerprint density at radius 3 is 2.64 bits per heavy atom. The van der Waals surface area contributed by atoms with E-state index in [0.717, 1.165) is 24.3 Å². The minimum Gasteiger partial charge on any atom is -0.371 e. The van der Waals surface area contributed by atoms with Crippen molar-refractivity contribution in [3.05, 3.63) is 65.7 Å². The number of benzene rings is 2. The molecule has 25 heavy (non-hydrogen) atoms. The van der Waals surface area contributed by atoms with Crippen molar-refractivity contribution in [2.75, 3.05) is 30.9 Å². The number of carbonyl (C=O) groups excluding carboxylic acids is 1. The third-order valence-corrected chi connectivity index (χ3v) is 4.86. The van der Waals surface area contributed by atoms with Gasteiger partial charge in [0.1, 0.15) is 5.88 Å². The van der Waals surface area contributed by atoms with Gasteiger partial charge in [-0.2, -0.15) is 0 Å². The number of rotatable bonds is 5. The van der Waals surface area contributed by atoms with Crippen LogP contribution < -0.4 is 5.32 Å². The molecule has 2 aromatic carbocycles. The van der Waals surface area contributed by atoms with Crippen molar-refractivity contribution in [3.63, 3.8) is 0 Å². The molecule has 1 unspecified atom stereocenters. The number of nitrogens with one attached hydrogen (secondary N) is 1. The molecular weight excluding hydrogens is 336 g/mol. The molecule has 2 atom stereocenters. The number of alkyl halides is 1. The van der Waals surface area contributed by atoms with Crippen molar-refractivity contribution in [2.24, 2.45) is 0 Å². The van der Waals surface area contributed by atoms with Crippen LogP contribution in [0.1, 0.15) is 30.2 Å². The van der Waals surface area contributed by atoms with Crippen LogP contribution in [0.3, 0.4) is 0 Å². The number of ether oxygens (including phenoxy) is 1. The first-order valence-electron chi connectivity index (χ1n) is 8.53. The Morgan fingerprint density at radius 2 is 1.96 bits per heavy atom. The predicted molar refractivity (Wildman–Crippen MR) is 101 cm³/mol. The lowest BCUT2D eigenvalue weighted by atomic mass is 10.0. The summed E-state index contributed by atoms with van der Waals surface area (Å²) in [6.45, 7) is 4.73. The second kappa shape index (κ2) is 8.48. The van der Waals surface area contributed by atoms with E-state index < -0.39 is 0 Å². The summed E-state index contributed by atoms with van der Waals surface area (Å²) in [6.07, 6.45) is 0.0395. The largest absolute Gasteiger partial charge is 0.371 e. The highest BCUT2D eigenvalue weighted by Crippen LogP contribution is 2.29. The van der Waals surface area contributed by atoms with Gasteiger partial charge in [-0.3, -0.25) is 9.69 Å². The van der Waals surface area contributed by atoms with E-state index in [0.29, 0.717) is 12.6 Å². The second-order valence-electron chi connectivity index (χ2n) is 6.24. The molecule has 0 spiro atoms. The van der Waals surface area contributed by atoms with Gasteiger partial charge in [0.25, 0.3) is 0 Å². The molecule has 0 radical (unpaired) electrons. The summed E-state index contributed by atoms with van der Waals surface area (Å²) in [5, 5.41) is 2.75. The number of anilines is 1. The molecule has 1 aliphatic heterocycles. The second-order valence-corrected chi connectivity index (χ2v) is 6.51. The van der Waals surface area contributed by atoms with E-state index in [1.807, 2.05) is 30.3 Å². The van der Waals surface area contributed by atoms with Crippen LogP contribution in [0, 0.1) is 0 Å². The van der Waals surface area contributed by atoms with E-state index in [1.165, 1.54) is 5.56 Å². The Kier molecular flexibility index (Phi) is 6.08. The van der Waals surface area contributed by atoms with E-state index in [1.54, 1.807) is 0 Å². The molecule has 0 aliphatic carbocycles. The molecule has 3 rings (SSSR count). The van der Waals surface area contributed by atoms with Crippen LogP contribution in [0.2, 0.25) is 0 Å². The lowest BCUT2D eigenvalue weighted by molar-refractivity contribution is -0.113. The Balaban J connectivity index is 1.66. The lowest BCUT2D eigenvalue weighted by Crippen LogP contribution is -2.39. The molecule has 0 aromatic heterocycles. The zero-order valence-corrected chi connectivity index (χ0v) is 15.1. The fourth-order valence-corrected chi connectivity index (χ4v) is 3.21. The number of nitrogens with zero attached hydrogens (tertiary/aromatic N) is 1. The third-order valence-electron chi connectivity index (χ3n) is 4.62. The Labute approximate surface area is 153 Å². The topological polar surface area (TPSA) is 41.6 Å². The van der Waals surface area contributed by atoms with Gasteiger partial charge in [-0.1, -0.05) is 42.5 Å². The standard InChI is InChI=1S/C20H23ClN2O2/c1-15(16-5-3-2-4-6-16)23-11-12-25-19(14-23)17-7-9-18(10-8-17)22-20(24)13-21/h2-10,15,19H,11-14H2,1H3,(H,22,24)/t15-,19?/m1/s1. The Morgan fingerprint density at radius 1 is 1.24 bits per heavy atom. The summed E-state index contributed by atoms with van der Waals surface area (Å²) in [4.78, 5) is 13.8. The zero-order valence-electron chi connectivity index (χ0n) is 14.3. The van der Waals surface area contributed by atoms with Crippen molar-refractivity contribution in [1.82, 2.24) is 4.90 Å². The van der Waals surface area contributed by atoms with Gasteiger partial charge in [0.15, 0.2) is 0 Å². The smallest absolute Gasteiger partial charge is 0.239 e. The van der Waals surface area contributed by atoms with Gasteiger partial charge in [0, 0.05) is 24.8 Å². The minimum atomic E-state index is -0.203. The number of amides is 1. The quantitative estimate of drug-likeness (QED) is 0.821.